The second-order valence-electron chi connectivity index (χ2n) is 2.51. The van der Waals surface area contributed by atoms with Crippen molar-refractivity contribution < 1.29 is 4.79 Å². The van der Waals surface area contributed by atoms with Gasteiger partial charge in [-0.2, -0.15) is 0 Å². The van der Waals surface area contributed by atoms with Crippen LogP contribution in [0, 0.1) is 0 Å². The first-order valence-corrected chi connectivity index (χ1v) is 4.21. The Kier molecular flexibility index (Phi) is 6.79. The van der Waals surface area contributed by atoms with Crippen LogP contribution in [0.4, 0.5) is 0 Å². The van der Waals surface area contributed by atoms with E-state index in [1.807, 2.05) is 6.20 Å². The highest BCUT2D eigenvalue weighted by Gasteiger charge is 1.93. The van der Waals surface area contributed by atoms with Crippen LogP contribution in [0.25, 0.3) is 0 Å². The van der Waals surface area contributed by atoms with E-state index < -0.39 is 0 Å². The second-order valence-corrected chi connectivity index (χ2v) is 2.51. The maximum atomic E-state index is 10.0. The van der Waals surface area contributed by atoms with Gasteiger partial charge >= 0.3 is 0 Å². The van der Waals surface area contributed by atoms with Gasteiger partial charge in [0.15, 0.2) is 0 Å². The van der Waals surface area contributed by atoms with Crippen molar-refractivity contribution >= 4 is 6.29 Å². The lowest BCUT2D eigenvalue weighted by Crippen LogP contribution is -2.18. The lowest BCUT2D eigenvalue weighted by atomic mass is 10.4. The van der Waals surface area contributed by atoms with Crippen LogP contribution < -0.4 is 0 Å². The largest absolute Gasteiger partial charge is 0.377 e. The molecule has 0 aliphatic rings. The molecule has 2 heteroatoms. The minimum atomic E-state index is 0.818. The molecule has 0 saturated carbocycles. The summed E-state index contributed by atoms with van der Waals surface area (Å²) in [6.07, 6.45) is 6.48. The first-order valence-electron chi connectivity index (χ1n) is 4.21. The molecular formula is C9H17NO. The van der Waals surface area contributed by atoms with E-state index >= 15 is 0 Å². The molecule has 0 aliphatic carbocycles. The van der Waals surface area contributed by atoms with Gasteiger partial charge < -0.3 is 4.90 Å². The van der Waals surface area contributed by atoms with Crippen LogP contribution in [-0.4, -0.2) is 24.3 Å². The first kappa shape index (κ1) is 10.2. The maximum absolute atomic E-state index is 10.0. The lowest BCUT2D eigenvalue weighted by Gasteiger charge is -2.17. The van der Waals surface area contributed by atoms with Crippen molar-refractivity contribution in [3.8, 4) is 0 Å². The van der Waals surface area contributed by atoms with Gasteiger partial charge in [-0.1, -0.05) is 13.8 Å². The Hall–Kier alpha value is -0.790. The molecule has 0 rings (SSSR count). The van der Waals surface area contributed by atoms with Crippen molar-refractivity contribution in [3.05, 3.63) is 12.3 Å². The average Bonchev–Trinajstić information content (AvgIpc) is 2.01. The van der Waals surface area contributed by atoms with E-state index in [1.165, 1.54) is 0 Å². The van der Waals surface area contributed by atoms with Crippen LogP contribution in [0.2, 0.25) is 0 Å². The maximum Gasteiger partial charge on any atom is 0.144 e. The molecule has 0 atom stereocenters. The summed E-state index contributed by atoms with van der Waals surface area (Å²) in [6.45, 7) is 6.35. The SMILES string of the molecule is CCCN(C=CC=O)CCC. The lowest BCUT2D eigenvalue weighted by molar-refractivity contribution is -0.104. The Morgan fingerprint density at radius 1 is 1.18 bits per heavy atom. The predicted molar refractivity (Wildman–Crippen MR) is 47.4 cm³/mol. The third-order valence-corrected chi connectivity index (χ3v) is 1.40. The van der Waals surface area contributed by atoms with E-state index in [4.69, 9.17) is 0 Å². The minimum Gasteiger partial charge on any atom is -0.377 e. The molecule has 11 heavy (non-hydrogen) atoms. The van der Waals surface area contributed by atoms with Crippen molar-refractivity contribution in [1.82, 2.24) is 4.90 Å². The zero-order valence-corrected chi connectivity index (χ0v) is 7.42. The normalized spacial score (nSPS) is 10.4. The van der Waals surface area contributed by atoms with E-state index in [-0.39, 0.29) is 0 Å². The average molecular weight is 155 g/mol. The summed E-state index contributed by atoms with van der Waals surface area (Å²) in [7, 11) is 0. The third-order valence-electron chi connectivity index (χ3n) is 1.40. The van der Waals surface area contributed by atoms with Crippen LogP contribution >= 0.6 is 0 Å². The van der Waals surface area contributed by atoms with Crippen molar-refractivity contribution in [2.45, 2.75) is 26.7 Å². The molecule has 0 aromatic rings. The van der Waals surface area contributed by atoms with E-state index in [0.717, 1.165) is 32.2 Å². The number of nitrogens with zero attached hydrogens (tertiary/aromatic N) is 1. The standard InChI is InChI=1S/C9H17NO/c1-3-6-10(7-4-2)8-5-9-11/h5,8-9H,3-4,6-7H2,1-2H3. The van der Waals surface area contributed by atoms with Crippen molar-refractivity contribution in [2.75, 3.05) is 13.1 Å². The molecule has 0 N–H and O–H groups in total. The van der Waals surface area contributed by atoms with E-state index in [1.54, 1.807) is 6.08 Å². The van der Waals surface area contributed by atoms with Crippen LogP contribution in [0.5, 0.6) is 0 Å². The van der Waals surface area contributed by atoms with Gasteiger partial charge in [0.1, 0.15) is 6.29 Å². The van der Waals surface area contributed by atoms with E-state index in [9.17, 15) is 4.79 Å². The highest BCUT2D eigenvalue weighted by molar-refractivity contribution is 5.64. The number of hydrogen-bond donors (Lipinski definition) is 0. The zero-order valence-electron chi connectivity index (χ0n) is 7.42. The van der Waals surface area contributed by atoms with Gasteiger partial charge in [-0.25, -0.2) is 0 Å². The quantitative estimate of drug-likeness (QED) is 0.431. The van der Waals surface area contributed by atoms with Crippen molar-refractivity contribution in [1.29, 1.82) is 0 Å². The molecule has 0 radical (unpaired) electrons. The fraction of sp³-hybridized carbons (Fsp3) is 0.667. The van der Waals surface area contributed by atoms with Gasteiger partial charge in [0.2, 0.25) is 0 Å². The molecular weight excluding hydrogens is 138 g/mol. The number of rotatable bonds is 6. The monoisotopic (exact) mass is 155 g/mol. The van der Waals surface area contributed by atoms with Gasteiger partial charge in [0.25, 0.3) is 0 Å². The summed E-state index contributed by atoms with van der Waals surface area (Å²) in [4.78, 5) is 12.2. The minimum absolute atomic E-state index is 0.818. The fourth-order valence-electron chi connectivity index (χ4n) is 0.992. The Balaban J connectivity index is 3.67. The van der Waals surface area contributed by atoms with Crippen LogP contribution in [-0.2, 0) is 4.79 Å². The molecule has 0 fully saturated rings. The van der Waals surface area contributed by atoms with Gasteiger partial charge in [-0.15, -0.1) is 0 Å². The zero-order chi connectivity index (χ0) is 8.53. The fourth-order valence-corrected chi connectivity index (χ4v) is 0.992. The summed E-state index contributed by atoms with van der Waals surface area (Å²) in [5, 5.41) is 0. The summed E-state index contributed by atoms with van der Waals surface area (Å²) in [5.74, 6) is 0. The second kappa shape index (κ2) is 7.32. The van der Waals surface area contributed by atoms with Crippen LogP contribution in [0.1, 0.15) is 26.7 Å². The first-order chi connectivity index (χ1) is 5.35. The molecule has 2 nitrogen and oxygen atoms in total. The van der Waals surface area contributed by atoms with Gasteiger partial charge in [0, 0.05) is 19.3 Å². The number of aldehydes is 1. The molecule has 0 saturated heterocycles. The highest BCUT2D eigenvalue weighted by atomic mass is 16.1. The smallest absolute Gasteiger partial charge is 0.144 e. The van der Waals surface area contributed by atoms with Gasteiger partial charge in [-0.05, 0) is 18.9 Å². The Morgan fingerprint density at radius 2 is 1.73 bits per heavy atom. The third kappa shape index (κ3) is 5.64. The molecule has 0 aromatic carbocycles. The van der Waals surface area contributed by atoms with Crippen molar-refractivity contribution in [2.24, 2.45) is 0 Å². The summed E-state index contributed by atoms with van der Waals surface area (Å²) in [6, 6.07) is 0. The Morgan fingerprint density at radius 3 is 2.09 bits per heavy atom. The van der Waals surface area contributed by atoms with Crippen molar-refractivity contribution in [3.63, 3.8) is 0 Å². The molecule has 0 aromatic heterocycles. The van der Waals surface area contributed by atoms with Crippen LogP contribution in [0.3, 0.4) is 0 Å². The summed E-state index contributed by atoms with van der Waals surface area (Å²) in [5.41, 5.74) is 0. The van der Waals surface area contributed by atoms with Gasteiger partial charge in [-0.3, -0.25) is 4.79 Å². The van der Waals surface area contributed by atoms with E-state index in [0.29, 0.717) is 0 Å². The summed E-state index contributed by atoms with van der Waals surface area (Å²) < 4.78 is 0. The van der Waals surface area contributed by atoms with E-state index in [2.05, 4.69) is 18.7 Å². The predicted octanol–water partition coefficient (Wildman–Crippen LogP) is 1.82. The van der Waals surface area contributed by atoms with Gasteiger partial charge in [0.05, 0.1) is 0 Å². The molecule has 0 spiro atoms. The molecule has 0 aliphatic heterocycles. The molecule has 64 valence electrons. The van der Waals surface area contributed by atoms with Crippen LogP contribution in [0.15, 0.2) is 12.3 Å². The molecule has 0 amide bonds. The highest BCUT2D eigenvalue weighted by Crippen LogP contribution is 1.93. The topological polar surface area (TPSA) is 20.3 Å². The molecule has 0 unspecified atom stereocenters. The number of carbonyl (C=O) groups excluding carboxylic acids is 1. The summed E-state index contributed by atoms with van der Waals surface area (Å²) >= 11 is 0. The molecule has 0 heterocycles. The Labute approximate surface area is 68.9 Å². The Bertz CT molecular complexity index is 115. The number of allylic oxidation sites excluding steroid dienone is 1. The number of hydrogen-bond acceptors (Lipinski definition) is 2. The number of carbonyl (C=O) groups is 1. The molecule has 0 bridgehead atoms.